The summed E-state index contributed by atoms with van der Waals surface area (Å²) >= 11 is 0. The van der Waals surface area contributed by atoms with E-state index < -0.39 is 0 Å². The SMILES string of the molecule is O=C(c1ccc2c(c1)CCO2)N(Cc1ccc2c(c1)OCO2)Cc1ccc2c(c1)OCO2. The third-order valence-electron chi connectivity index (χ3n) is 5.84. The van der Waals surface area contributed by atoms with Crippen LogP contribution in [0.3, 0.4) is 0 Å². The van der Waals surface area contributed by atoms with Crippen LogP contribution < -0.4 is 23.7 Å². The Morgan fingerprint density at radius 3 is 1.94 bits per heavy atom. The van der Waals surface area contributed by atoms with E-state index in [9.17, 15) is 4.79 Å². The van der Waals surface area contributed by atoms with Crippen molar-refractivity contribution in [3.63, 3.8) is 0 Å². The van der Waals surface area contributed by atoms with Gasteiger partial charge in [-0.1, -0.05) is 12.1 Å². The fraction of sp³-hybridized carbons (Fsp3) is 0.240. The second-order valence-corrected chi connectivity index (χ2v) is 7.96. The molecule has 0 radical (unpaired) electrons. The molecule has 0 saturated heterocycles. The predicted molar refractivity (Wildman–Crippen MR) is 114 cm³/mol. The maximum atomic E-state index is 13.6. The Morgan fingerprint density at radius 2 is 1.28 bits per heavy atom. The first-order chi connectivity index (χ1) is 15.7. The van der Waals surface area contributed by atoms with Gasteiger partial charge in [-0.25, -0.2) is 0 Å². The smallest absolute Gasteiger partial charge is 0.254 e. The summed E-state index contributed by atoms with van der Waals surface area (Å²) in [6.07, 6.45) is 0.820. The van der Waals surface area contributed by atoms with Gasteiger partial charge in [-0.15, -0.1) is 0 Å². The van der Waals surface area contributed by atoms with E-state index in [0.717, 1.165) is 40.4 Å². The molecule has 3 aromatic rings. The van der Waals surface area contributed by atoms with E-state index in [1.165, 1.54) is 0 Å². The number of rotatable bonds is 5. The van der Waals surface area contributed by atoms with E-state index in [2.05, 4.69) is 0 Å². The lowest BCUT2D eigenvalue weighted by Crippen LogP contribution is -2.30. The number of amides is 1. The lowest BCUT2D eigenvalue weighted by atomic mass is 10.1. The molecule has 0 N–H and O–H groups in total. The van der Waals surface area contributed by atoms with Gasteiger partial charge in [0.15, 0.2) is 23.0 Å². The molecule has 7 heteroatoms. The van der Waals surface area contributed by atoms with Crippen molar-refractivity contribution in [1.82, 2.24) is 4.90 Å². The number of carbonyl (C=O) groups excluding carboxylic acids is 1. The fourth-order valence-corrected chi connectivity index (χ4v) is 4.22. The van der Waals surface area contributed by atoms with Gasteiger partial charge in [0.05, 0.1) is 6.61 Å². The summed E-state index contributed by atoms with van der Waals surface area (Å²) < 4.78 is 27.5. The first kappa shape index (κ1) is 18.9. The van der Waals surface area contributed by atoms with Crippen LogP contribution in [0, 0.1) is 0 Å². The number of benzene rings is 3. The van der Waals surface area contributed by atoms with Crippen molar-refractivity contribution in [2.45, 2.75) is 19.5 Å². The third-order valence-corrected chi connectivity index (χ3v) is 5.84. The molecular weight excluding hydrogens is 410 g/mol. The van der Waals surface area contributed by atoms with E-state index in [1.54, 1.807) is 0 Å². The zero-order valence-electron chi connectivity index (χ0n) is 17.3. The largest absolute Gasteiger partial charge is 0.493 e. The number of nitrogens with zero attached hydrogens (tertiary/aromatic N) is 1. The second-order valence-electron chi connectivity index (χ2n) is 7.96. The Kier molecular flexibility index (Phi) is 4.52. The van der Waals surface area contributed by atoms with Gasteiger partial charge in [0.2, 0.25) is 13.6 Å². The molecule has 32 heavy (non-hydrogen) atoms. The summed E-state index contributed by atoms with van der Waals surface area (Å²) in [7, 11) is 0. The van der Waals surface area contributed by atoms with Gasteiger partial charge in [-0.05, 0) is 59.2 Å². The molecule has 162 valence electrons. The second kappa shape index (κ2) is 7.67. The highest BCUT2D eigenvalue weighted by Crippen LogP contribution is 2.35. The van der Waals surface area contributed by atoms with E-state index >= 15 is 0 Å². The number of carbonyl (C=O) groups is 1. The molecule has 0 fully saturated rings. The van der Waals surface area contributed by atoms with Gasteiger partial charge in [0.25, 0.3) is 5.91 Å². The Morgan fingerprint density at radius 1 is 0.688 bits per heavy atom. The molecule has 3 aliphatic heterocycles. The molecule has 0 aromatic heterocycles. The van der Waals surface area contributed by atoms with Gasteiger partial charge < -0.3 is 28.6 Å². The maximum absolute atomic E-state index is 13.6. The lowest BCUT2D eigenvalue weighted by molar-refractivity contribution is 0.0729. The van der Waals surface area contributed by atoms with Crippen molar-refractivity contribution < 1.29 is 28.5 Å². The minimum Gasteiger partial charge on any atom is -0.493 e. The molecule has 6 rings (SSSR count). The number of hydrogen-bond acceptors (Lipinski definition) is 6. The van der Waals surface area contributed by atoms with Crippen LogP contribution in [-0.4, -0.2) is 31.0 Å². The summed E-state index contributed by atoms with van der Waals surface area (Å²) in [5.74, 6) is 3.66. The zero-order chi connectivity index (χ0) is 21.5. The molecule has 1 amide bonds. The summed E-state index contributed by atoms with van der Waals surface area (Å²) in [4.78, 5) is 15.4. The fourth-order valence-electron chi connectivity index (χ4n) is 4.22. The third kappa shape index (κ3) is 3.45. The van der Waals surface area contributed by atoms with Gasteiger partial charge in [-0.2, -0.15) is 0 Å². The number of ether oxygens (including phenoxy) is 5. The molecule has 0 unspecified atom stereocenters. The van der Waals surface area contributed by atoms with Gasteiger partial charge in [0.1, 0.15) is 5.75 Å². The highest BCUT2D eigenvalue weighted by atomic mass is 16.7. The lowest BCUT2D eigenvalue weighted by Gasteiger charge is -2.24. The van der Waals surface area contributed by atoms with Crippen LogP contribution in [0.15, 0.2) is 54.6 Å². The average Bonchev–Trinajstić information content (AvgIpc) is 3.57. The Labute approximate surface area is 185 Å². The van der Waals surface area contributed by atoms with E-state index in [-0.39, 0.29) is 19.5 Å². The van der Waals surface area contributed by atoms with Crippen LogP contribution in [0.1, 0.15) is 27.0 Å². The Balaban J connectivity index is 1.31. The highest BCUT2D eigenvalue weighted by molar-refractivity contribution is 5.94. The van der Waals surface area contributed by atoms with Crippen LogP contribution in [0.25, 0.3) is 0 Å². The normalized spacial score (nSPS) is 14.8. The van der Waals surface area contributed by atoms with E-state index in [1.807, 2.05) is 59.5 Å². The van der Waals surface area contributed by atoms with Gasteiger partial charge in [-0.3, -0.25) is 4.79 Å². The van der Waals surface area contributed by atoms with Crippen LogP contribution in [-0.2, 0) is 19.5 Å². The van der Waals surface area contributed by atoms with Gasteiger partial charge in [0, 0.05) is 25.1 Å². The van der Waals surface area contributed by atoms with Gasteiger partial charge >= 0.3 is 0 Å². The molecule has 3 aliphatic rings. The van der Waals surface area contributed by atoms with Crippen LogP contribution in [0.4, 0.5) is 0 Å². The summed E-state index contributed by atoms with van der Waals surface area (Å²) in [6, 6.07) is 17.2. The molecule has 0 atom stereocenters. The Hall–Kier alpha value is -3.87. The van der Waals surface area contributed by atoms with Crippen molar-refractivity contribution in [3.05, 3.63) is 76.9 Å². The minimum atomic E-state index is -0.0463. The molecule has 0 spiro atoms. The molecule has 0 saturated carbocycles. The summed E-state index contributed by atoms with van der Waals surface area (Å²) in [5.41, 5.74) is 3.65. The summed E-state index contributed by atoms with van der Waals surface area (Å²) in [5, 5.41) is 0. The van der Waals surface area contributed by atoms with Crippen LogP contribution >= 0.6 is 0 Å². The number of fused-ring (bicyclic) bond motifs is 3. The molecule has 3 aromatic carbocycles. The average molecular weight is 431 g/mol. The first-order valence-electron chi connectivity index (χ1n) is 10.5. The maximum Gasteiger partial charge on any atom is 0.254 e. The van der Waals surface area contributed by atoms with Crippen molar-refractivity contribution in [2.75, 3.05) is 20.2 Å². The number of hydrogen-bond donors (Lipinski definition) is 0. The first-order valence-corrected chi connectivity index (χ1v) is 10.5. The molecule has 7 nitrogen and oxygen atoms in total. The minimum absolute atomic E-state index is 0.0463. The molecule has 0 bridgehead atoms. The Bertz CT molecular complexity index is 1150. The molecule has 0 aliphatic carbocycles. The van der Waals surface area contributed by atoms with E-state index in [4.69, 9.17) is 23.7 Å². The predicted octanol–water partition coefficient (Wildman–Crippen LogP) is 3.92. The van der Waals surface area contributed by atoms with Crippen LogP contribution in [0.5, 0.6) is 28.7 Å². The van der Waals surface area contributed by atoms with Crippen molar-refractivity contribution in [2.24, 2.45) is 0 Å². The highest BCUT2D eigenvalue weighted by Gasteiger charge is 2.23. The van der Waals surface area contributed by atoms with Crippen molar-refractivity contribution in [1.29, 1.82) is 0 Å². The molecule has 3 heterocycles. The quantitative estimate of drug-likeness (QED) is 0.610. The molecular formula is C25H21NO6. The topological polar surface area (TPSA) is 66.5 Å². The van der Waals surface area contributed by atoms with Crippen LogP contribution in [0.2, 0.25) is 0 Å². The standard InChI is InChI=1S/C25H21NO6/c27-25(19-3-6-20-18(11-19)7-8-28-20)26(12-16-1-4-21-23(9-16)31-14-29-21)13-17-2-5-22-24(10-17)32-15-30-22/h1-6,9-11H,7-8,12-15H2. The van der Waals surface area contributed by atoms with Crippen molar-refractivity contribution in [3.8, 4) is 28.7 Å². The monoisotopic (exact) mass is 431 g/mol. The van der Waals surface area contributed by atoms with E-state index in [0.29, 0.717) is 36.8 Å². The summed E-state index contributed by atoms with van der Waals surface area (Å²) in [6.45, 7) is 1.95. The zero-order valence-corrected chi connectivity index (χ0v) is 17.3. The van der Waals surface area contributed by atoms with Crippen molar-refractivity contribution >= 4 is 5.91 Å².